The van der Waals surface area contributed by atoms with E-state index in [1.54, 1.807) is 48.5 Å². The summed E-state index contributed by atoms with van der Waals surface area (Å²) in [7, 11) is 0. The maximum absolute atomic E-state index is 13.7. The average Bonchev–Trinajstić information content (AvgIpc) is 2.60. The van der Waals surface area contributed by atoms with Crippen molar-refractivity contribution in [1.82, 2.24) is 4.98 Å². The quantitative estimate of drug-likeness (QED) is 0.614. The minimum atomic E-state index is -0.405. The summed E-state index contributed by atoms with van der Waals surface area (Å²) in [5.74, 6) is -0.692. The highest BCUT2D eigenvalue weighted by Crippen LogP contribution is 2.23. The van der Waals surface area contributed by atoms with Gasteiger partial charge in [0.25, 0.3) is 5.91 Å². The Labute approximate surface area is 160 Å². The molecular weight excluding hydrogens is 376 g/mol. The van der Waals surface area contributed by atoms with Gasteiger partial charge >= 0.3 is 0 Å². The molecule has 2 aromatic carbocycles. The van der Waals surface area contributed by atoms with Gasteiger partial charge in [0.1, 0.15) is 11.5 Å². The monoisotopic (exact) mass is 389 g/mol. The number of benzene rings is 2. The van der Waals surface area contributed by atoms with E-state index in [9.17, 15) is 9.18 Å². The van der Waals surface area contributed by atoms with Gasteiger partial charge in [0.2, 0.25) is 0 Å². The SMILES string of the molecule is O=C(Nc1cc(Cl)cc(Cl)c1)c1cc(NCc2ccccc2F)ccn1. The maximum Gasteiger partial charge on any atom is 0.274 e. The molecule has 26 heavy (non-hydrogen) atoms. The van der Waals surface area contributed by atoms with Crippen molar-refractivity contribution < 1.29 is 9.18 Å². The topological polar surface area (TPSA) is 54.0 Å². The largest absolute Gasteiger partial charge is 0.381 e. The Morgan fingerprint density at radius 3 is 2.46 bits per heavy atom. The van der Waals surface area contributed by atoms with Crippen LogP contribution in [0.5, 0.6) is 0 Å². The first-order chi connectivity index (χ1) is 12.5. The minimum Gasteiger partial charge on any atom is -0.381 e. The van der Waals surface area contributed by atoms with Crippen molar-refractivity contribution in [2.75, 3.05) is 10.6 Å². The van der Waals surface area contributed by atoms with Gasteiger partial charge in [0.05, 0.1) is 0 Å². The highest BCUT2D eigenvalue weighted by Gasteiger charge is 2.10. The van der Waals surface area contributed by atoms with Crippen molar-refractivity contribution in [1.29, 1.82) is 0 Å². The zero-order valence-electron chi connectivity index (χ0n) is 13.5. The number of carbonyl (C=O) groups excluding carboxylic acids is 1. The summed E-state index contributed by atoms with van der Waals surface area (Å²) >= 11 is 11.9. The summed E-state index contributed by atoms with van der Waals surface area (Å²) in [5.41, 5.74) is 1.86. The van der Waals surface area contributed by atoms with Crippen LogP contribution in [0.4, 0.5) is 15.8 Å². The standard InChI is InChI=1S/C19H14Cl2FN3O/c20-13-7-14(21)9-16(8-13)25-19(26)18-10-15(5-6-23-18)24-11-12-3-1-2-4-17(12)22/h1-10H,11H2,(H,23,24)(H,25,26). The van der Waals surface area contributed by atoms with Gasteiger partial charge in [-0.2, -0.15) is 0 Å². The molecule has 3 aromatic rings. The van der Waals surface area contributed by atoms with E-state index in [4.69, 9.17) is 23.2 Å². The minimum absolute atomic E-state index is 0.208. The molecule has 1 aromatic heterocycles. The van der Waals surface area contributed by atoms with Gasteiger partial charge in [-0.15, -0.1) is 0 Å². The summed E-state index contributed by atoms with van der Waals surface area (Å²) in [4.78, 5) is 16.4. The lowest BCUT2D eigenvalue weighted by atomic mass is 10.2. The molecule has 1 amide bonds. The van der Waals surface area contributed by atoms with E-state index in [0.717, 1.165) is 0 Å². The highest BCUT2D eigenvalue weighted by molar-refractivity contribution is 6.35. The van der Waals surface area contributed by atoms with E-state index in [1.165, 1.54) is 12.3 Å². The molecule has 0 atom stereocenters. The molecule has 0 aliphatic rings. The van der Waals surface area contributed by atoms with Crippen LogP contribution in [0.25, 0.3) is 0 Å². The third-order valence-corrected chi connectivity index (χ3v) is 3.99. The Morgan fingerprint density at radius 2 is 1.73 bits per heavy atom. The second-order valence-electron chi connectivity index (χ2n) is 5.49. The fourth-order valence-electron chi connectivity index (χ4n) is 2.32. The predicted molar refractivity (Wildman–Crippen MR) is 102 cm³/mol. The Kier molecular flexibility index (Phi) is 5.71. The van der Waals surface area contributed by atoms with Crippen LogP contribution >= 0.6 is 23.2 Å². The van der Waals surface area contributed by atoms with Crippen LogP contribution < -0.4 is 10.6 Å². The summed E-state index contributed by atoms with van der Waals surface area (Å²) in [6.07, 6.45) is 1.50. The normalized spacial score (nSPS) is 10.4. The van der Waals surface area contributed by atoms with E-state index in [1.807, 2.05) is 0 Å². The highest BCUT2D eigenvalue weighted by atomic mass is 35.5. The molecule has 7 heteroatoms. The lowest BCUT2D eigenvalue weighted by Crippen LogP contribution is -2.14. The zero-order valence-corrected chi connectivity index (χ0v) is 15.0. The third-order valence-electron chi connectivity index (χ3n) is 3.55. The van der Waals surface area contributed by atoms with Crippen LogP contribution in [0.1, 0.15) is 16.1 Å². The molecule has 0 fully saturated rings. The first-order valence-corrected chi connectivity index (χ1v) is 8.47. The van der Waals surface area contributed by atoms with Crippen molar-refractivity contribution in [2.24, 2.45) is 0 Å². The first-order valence-electron chi connectivity index (χ1n) is 7.72. The van der Waals surface area contributed by atoms with Gasteiger partial charge in [0.15, 0.2) is 0 Å². The summed E-state index contributed by atoms with van der Waals surface area (Å²) in [6.45, 7) is 0.293. The Morgan fingerprint density at radius 1 is 1.00 bits per heavy atom. The van der Waals surface area contributed by atoms with Gasteiger partial charge in [-0.25, -0.2) is 4.39 Å². The lowest BCUT2D eigenvalue weighted by molar-refractivity contribution is 0.102. The lowest BCUT2D eigenvalue weighted by Gasteiger charge is -2.09. The van der Waals surface area contributed by atoms with Gasteiger partial charge < -0.3 is 10.6 Å². The number of amides is 1. The molecule has 0 aliphatic carbocycles. The fraction of sp³-hybridized carbons (Fsp3) is 0.0526. The van der Waals surface area contributed by atoms with Crippen molar-refractivity contribution >= 4 is 40.5 Å². The third kappa shape index (κ3) is 4.71. The summed E-state index contributed by atoms with van der Waals surface area (Å²) in [5, 5.41) is 6.60. The van der Waals surface area contributed by atoms with Gasteiger partial charge in [-0.3, -0.25) is 9.78 Å². The molecule has 2 N–H and O–H groups in total. The van der Waals surface area contributed by atoms with Crippen molar-refractivity contribution in [3.8, 4) is 0 Å². The Hall–Kier alpha value is -2.63. The van der Waals surface area contributed by atoms with Gasteiger partial charge in [-0.05, 0) is 36.4 Å². The molecular formula is C19H14Cl2FN3O. The van der Waals surface area contributed by atoms with Crippen molar-refractivity contribution in [3.05, 3.63) is 87.9 Å². The number of carbonyl (C=O) groups is 1. The molecule has 0 unspecified atom stereocenters. The molecule has 0 spiro atoms. The maximum atomic E-state index is 13.7. The molecule has 3 rings (SSSR count). The molecule has 0 aliphatic heterocycles. The average molecular weight is 390 g/mol. The number of halogens is 3. The molecule has 1 heterocycles. The summed E-state index contributed by atoms with van der Waals surface area (Å²) < 4.78 is 13.7. The first kappa shape index (κ1) is 18.2. The summed E-state index contributed by atoms with van der Waals surface area (Å²) in [6, 6.07) is 14.5. The van der Waals surface area contributed by atoms with Crippen LogP contribution in [0.2, 0.25) is 10.0 Å². The number of anilines is 2. The Bertz CT molecular complexity index is 929. The van der Waals surface area contributed by atoms with Crippen LogP contribution in [-0.4, -0.2) is 10.9 Å². The van der Waals surface area contributed by atoms with E-state index in [-0.39, 0.29) is 11.5 Å². The second-order valence-corrected chi connectivity index (χ2v) is 6.36. The molecule has 0 saturated heterocycles. The van der Waals surface area contributed by atoms with E-state index >= 15 is 0 Å². The van der Waals surface area contributed by atoms with Crippen molar-refractivity contribution in [2.45, 2.75) is 6.54 Å². The molecule has 0 radical (unpaired) electrons. The molecule has 0 bridgehead atoms. The molecule has 4 nitrogen and oxygen atoms in total. The number of hydrogen-bond acceptors (Lipinski definition) is 3. The van der Waals surface area contributed by atoms with Crippen LogP contribution in [0.15, 0.2) is 60.8 Å². The number of pyridine rings is 1. The van der Waals surface area contributed by atoms with Crippen molar-refractivity contribution in [3.63, 3.8) is 0 Å². The molecule has 132 valence electrons. The smallest absolute Gasteiger partial charge is 0.274 e. The van der Waals surface area contributed by atoms with Gasteiger partial charge in [-0.1, -0.05) is 41.4 Å². The van der Waals surface area contributed by atoms with Gasteiger partial charge in [0, 0.05) is 39.7 Å². The van der Waals surface area contributed by atoms with E-state index in [0.29, 0.717) is 33.5 Å². The van der Waals surface area contributed by atoms with Crippen LogP contribution in [0, 0.1) is 5.82 Å². The number of aromatic nitrogens is 1. The van der Waals surface area contributed by atoms with Crippen LogP contribution in [0.3, 0.4) is 0 Å². The predicted octanol–water partition coefficient (Wildman–Crippen LogP) is 5.39. The number of nitrogens with one attached hydrogen (secondary N) is 2. The van der Waals surface area contributed by atoms with E-state index in [2.05, 4.69) is 15.6 Å². The van der Waals surface area contributed by atoms with Crippen LogP contribution in [-0.2, 0) is 6.54 Å². The fourth-order valence-corrected chi connectivity index (χ4v) is 2.85. The molecule has 0 saturated carbocycles. The van der Waals surface area contributed by atoms with E-state index < -0.39 is 5.91 Å². The number of nitrogens with zero attached hydrogens (tertiary/aromatic N) is 1. The number of hydrogen-bond donors (Lipinski definition) is 2. The zero-order chi connectivity index (χ0) is 18.5. The second kappa shape index (κ2) is 8.17. The number of rotatable bonds is 5. The Balaban J connectivity index is 1.70.